The molecule has 0 amide bonds. The van der Waals surface area contributed by atoms with Gasteiger partial charge in [0.2, 0.25) is 10.0 Å². The Balaban J connectivity index is 1.92. The molecular formula is C16H21N3O3S. The summed E-state index contributed by atoms with van der Waals surface area (Å²) >= 11 is 0. The first-order valence-corrected chi connectivity index (χ1v) is 9.25. The lowest BCUT2D eigenvalue weighted by Gasteiger charge is -2.29. The smallest absolute Gasteiger partial charge is 0.246 e. The van der Waals surface area contributed by atoms with Gasteiger partial charge in [-0.1, -0.05) is 6.42 Å². The first kappa shape index (κ1) is 16.2. The largest absolute Gasteiger partial charge is 0.495 e. The van der Waals surface area contributed by atoms with E-state index in [4.69, 9.17) is 15.7 Å². The molecule has 2 N–H and O–H groups in total. The van der Waals surface area contributed by atoms with E-state index in [2.05, 4.69) is 0 Å². The quantitative estimate of drug-likeness (QED) is 0.898. The maximum atomic E-state index is 13.0. The Kier molecular flexibility index (Phi) is 4.32. The highest BCUT2D eigenvalue weighted by molar-refractivity contribution is 7.89. The van der Waals surface area contributed by atoms with Crippen LogP contribution in [0.5, 0.6) is 5.75 Å². The molecule has 1 aromatic carbocycles. The van der Waals surface area contributed by atoms with Gasteiger partial charge >= 0.3 is 0 Å². The molecular weight excluding hydrogens is 314 g/mol. The van der Waals surface area contributed by atoms with Gasteiger partial charge in [0.25, 0.3) is 0 Å². The minimum Gasteiger partial charge on any atom is -0.495 e. The molecule has 1 heterocycles. The van der Waals surface area contributed by atoms with E-state index in [0.717, 1.165) is 19.3 Å². The summed E-state index contributed by atoms with van der Waals surface area (Å²) < 4.78 is 32.7. The number of rotatable bonds is 3. The van der Waals surface area contributed by atoms with Crippen LogP contribution in [0.2, 0.25) is 0 Å². The van der Waals surface area contributed by atoms with E-state index in [1.807, 2.05) is 6.07 Å². The van der Waals surface area contributed by atoms with Crippen LogP contribution in [0.15, 0.2) is 23.1 Å². The SMILES string of the molecule is COc1cc(C#N)ccc1S(=O)(=O)N1CC2CCCC(N)C2C1. The van der Waals surface area contributed by atoms with Crippen molar-refractivity contribution in [1.82, 2.24) is 4.31 Å². The number of methoxy groups -OCH3 is 1. The summed E-state index contributed by atoms with van der Waals surface area (Å²) in [7, 11) is -2.23. The Bertz CT molecular complexity index is 741. The van der Waals surface area contributed by atoms with E-state index in [0.29, 0.717) is 24.6 Å². The topological polar surface area (TPSA) is 96.4 Å². The van der Waals surface area contributed by atoms with Crippen LogP contribution in [0, 0.1) is 23.2 Å². The number of hydrogen-bond donors (Lipinski definition) is 1. The van der Waals surface area contributed by atoms with E-state index in [1.165, 1.54) is 29.6 Å². The summed E-state index contributed by atoms with van der Waals surface area (Å²) in [5, 5.41) is 8.95. The van der Waals surface area contributed by atoms with Gasteiger partial charge in [0.05, 0.1) is 18.7 Å². The number of fused-ring (bicyclic) bond motifs is 1. The van der Waals surface area contributed by atoms with Crippen molar-refractivity contribution in [2.24, 2.45) is 17.6 Å². The second-order valence-corrected chi connectivity index (χ2v) is 8.22. The molecule has 0 radical (unpaired) electrons. The molecule has 124 valence electrons. The van der Waals surface area contributed by atoms with E-state index in [-0.39, 0.29) is 22.6 Å². The van der Waals surface area contributed by atoms with E-state index in [9.17, 15) is 8.42 Å². The molecule has 3 rings (SSSR count). The zero-order valence-corrected chi connectivity index (χ0v) is 13.9. The third kappa shape index (κ3) is 2.82. The van der Waals surface area contributed by atoms with Crippen LogP contribution in [0.25, 0.3) is 0 Å². The molecule has 7 heteroatoms. The number of sulfonamides is 1. The van der Waals surface area contributed by atoms with Crippen LogP contribution in [-0.2, 0) is 10.0 Å². The lowest BCUT2D eigenvalue weighted by Crippen LogP contribution is -2.38. The van der Waals surface area contributed by atoms with Crippen molar-refractivity contribution in [2.45, 2.75) is 30.2 Å². The zero-order valence-electron chi connectivity index (χ0n) is 13.1. The summed E-state index contributed by atoms with van der Waals surface area (Å²) in [6, 6.07) is 6.49. The number of nitrogens with zero attached hydrogens (tertiary/aromatic N) is 2. The van der Waals surface area contributed by atoms with Crippen molar-refractivity contribution in [1.29, 1.82) is 5.26 Å². The maximum absolute atomic E-state index is 13.0. The number of benzene rings is 1. The Hall–Kier alpha value is -1.62. The predicted molar refractivity (Wildman–Crippen MR) is 85.3 cm³/mol. The van der Waals surface area contributed by atoms with Crippen LogP contribution in [-0.4, -0.2) is 39.0 Å². The van der Waals surface area contributed by atoms with Crippen LogP contribution in [0.1, 0.15) is 24.8 Å². The molecule has 0 aromatic heterocycles. The molecule has 3 unspecified atom stereocenters. The van der Waals surface area contributed by atoms with Crippen molar-refractivity contribution in [2.75, 3.05) is 20.2 Å². The average molecular weight is 335 g/mol. The Labute approximate surface area is 136 Å². The van der Waals surface area contributed by atoms with Gasteiger partial charge < -0.3 is 10.5 Å². The summed E-state index contributed by atoms with van der Waals surface area (Å²) in [5.74, 6) is 0.795. The minimum atomic E-state index is -3.64. The second-order valence-electron chi connectivity index (χ2n) is 6.32. The summed E-state index contributed by atoms with van der Waals surface area (Å²) in [4.78, 5) is 0.117. The van der Waals surface area contributed by atoms with E-state index in [1.54, 1.807) is 0 Å². The number of ether oxygens (including phenoxy) is 1. The Morgan fingerprint density at radius 1 is 1.35 bits per heavy atom. The lowest BCUT2D eigenvalue weighted by molar-refractivity contribution is 0.260. The molecule has 1 saturated heterocycles. The molecule has 23 heavy (non-hydrogen) atoms. The molecule has 0 bridgehead atoms. The summed E-state index contributed by atoms with van der Waals surface area (Å²) in [6.45, 7) is 0.987. The number of nitriles is 1. The fourth-order valence-corrected chi connectivity index (χ4v) is 5.43. The average Bonchev–Trinajstić information content (AvgIpc) is 3.00. The van der Waals surface area contributed by atoms with Gasteiger partial charge in [-0.25, -0.2) is 8.42 Å². The van der Waals surface area contributed by atoms with Crippen molar-refractivity contribution < 1.29 is 13.2 Å². The van der Waals surface area contributed by atoms with Gasteiger partial charge in [-0.05, 0) is 42.9 Å². The first-order valence-electron chi connectivity index (χ1n) is 7.81. The third-order valence-corrected chi connectivity index (χ3v) is 6.90. The maximum Gasteiger partial charge on any atom is 0.246 e. The third-order valence-electron chi connectivity index (χ3n) is 5.03. The van der Waals surface area contributed by atoms with Gasteiger partial charge in [-0.3, -0.25) is 0 Å². The van der Waals surface area contributed by atoms with Crippen LogP contribution in [0.4, 0.5) is 0 Å². The Morgan fingerprint density at radius 3 is 2.78 bits per heavy atom. The predicted octanol–water partition coefficient (Wildman–Crippen LogP) is 1.31. The molecule has 1 saturated carbocycles. The summed E-state index contributed by atoms with van der Waals surface area (Å²) in [6.07, 6.45) is 3.07. The van der Waals surface area contributed by atoms with Crippen LogP contribution in [0.3, 0.4) is 0 Å². The highest BCUT2D eigenvalue weighted by atomic mass is 32.2. The zero-order chi connectivity index (χ0) is 16.6. The standard InChI is InChI=1S/C16H21N3O3S/c1-22-15-7-11(8-17)5-6-16(15)23(20,21)19-9-12-3-2-4-14(18)13(12)10-19/h5-7,12-14H,2-4,9-10,18H2,1H3. The molecule has 1 aliphatic heterocycles. The van der Waals surface area contributed by atoms with E-state index >= 15 is 0 Å². The van der Waals surface area contributed by atoms with Gasteiger partial charge in [0.1, 0.15) is 10.6 Å². The van der Waals surface area contributed by atoms with Gasteiger partial charge in [-0.15, -0.1) is 0 Å². The van der Waals surface area contributed by atoms with Gasteiger partial charge in [0.15, 0.2) is 0 Å². The van der Waals surface area contributed by atoms with Gasteiger partial charge in [-0.2, -0.15) is 9.57 Å². The molecule has 6 nitrogen and oxygen atoms in total. The highest BCUT2D eigenvalue weighted by Gasteiger charge is 2.43. The number of hydrogen-bond acceptors (Lipinski definition) is 5. The molecule has 2 fully saturated rings. The number of nitrogens with two attached hydrogens (primary N) is 1. The van der Waals surface area contributed by atoms with Crippen molar-refractivity contribution in [3.63, 3.8) is 0 Å². The molecule has 1 aromatic rings. The monoisotopic (exact) mass is 335 g/mol. The molecule has 3 atom stereocenters. The molecule has 1 aliphatic carbocycles. The van der Waals surface area contributed by atoms with Crippen LogP contribution >= 0.6 is 0 Å². The second kappa shape index (κ2) is 6.11. The normalized spacial score (nSPS) is 28.1. The fourth-order valence-electron chi connectivity index (χ4n) is 3.76. The van der Waals surface area contributed by atoms with Crippen molar-refractivity contribution in [3.05, 3.63) is 23.8 Å². The molecule has 0 spiro atoms. The lowest BCUT2D eigenvalue weighted by atomic mass is 9.78. The van der Waals surface area contributed by atoms with Crippen LogP contribution < -0.4 is 10.5 Å². The van der Waals surface area contributed by atoms with Crippen molar-refractivity contribution >= 4 is 10.0 Å². The fraction of sp³-hybridized carbons (Fsp3) is 0.562. The minimum absolute atomic E-state index is 0.0804. The molecule has 2 aliphatic rings. The first-order chi connectivity index (χ1) is 11.0. The summed E-state index contributed by atoms with van der Waals surface area (Å²) in [5.41, 5.74) is 6.55. The van der Waals surface area contributed by atoms with Gasteiger partial charge in [0, 0.05) is 19.1 Å². The highest BCUT2D eigenvalue weighted by Crippen LogP contribution is 2.39. The Morgan fingerprint density at radius 2 is 2.13 bits per heavy atom. The van der Waals surface area contributed by atoms with E-state index < -0.39 is 10.0 Å². The van der Waals surface area contributed by atoms with Crippen molar-refractivity contribution in [3.8, 4) is 11.8 Å².